The SMILES string of the molecule is N/C(=N/C(=O)c1nc(F)c(N)nc1N)NC(=O)c1ncc[nH]1. The Bertz CT molecular complexity index is 756. The molecule has 0 aromatic carbocycles. The van der Waals surface area contributed by atoms with Crippen LogP contribution in [0.5, 0.6) is 0 Å². The van der Waals surface area contributed by atoms with E-state index in [9.17, 15) is 14.0 Å². The third kappa shape index (κ3) is 3.12. The Morgan fingerprint density at radius 3 is 2.64 bits per heavy atom. The average Bonchev–Trinajstić information content (AvgIpc) is 2.96. The van der Waals surface area contributed by atoms with Crippen LogP contribution in [0.25, 0.3) is 0 Å². The Hall–Kier alpha value is -3.57. The van der Waals surface area contributed by atoms with Crippen LogP contribution in [0.2, 0.25) is 0 Å². The lowest BCUT2D eigenvalue weighted by Crippen LogP contribution is -2.38. The van der Waals surface area contributed by atoms with Crippen molar-refractivity contribution in [1.82, 2.24) is 25.3 Å². The number of hydrogen-bond donors (Lipinski definition) is 5. The molecule has 2 amide bonds. The average molecular weight is 307 g/mol. The van der Waals surface area contributed by atoms with E-state index in [0.717, 1.165) is 0 Å². The van der Waals surface area contributed by atoms with Gasteiger partial charge in [0.15, 0.2) is 23.2 Å². The maximum Gasteiger partial charge on any atom is 0.302 e. The molecule has 0 spiro atoms. The Morgan fingerprint density at radius 2 is 2.00 bits per heavy atom. The number of aromatic nitrogens is 4. The lowest BCUT2D eigenvalue weighted by Gasteiger charge is -2.04. The van der Waals surface area contributed by atoms with Gasteiger partial charge in [0, 0.05) is 12.4 Å². The van der Waals surface area contributed by atoms with Crippen molar-refractivity contribution < 1.29 is 14.0 Å². The zero-order valence-electron chi connectivity index (χ0n) is 10.9. The zero-order chi connectivity index (χ0) is 16.3. The quantitative estimate of drug-likeness (QED) is 0.323. The summed E-state index contributed by atoms with van der Waals surface area (Å²) in [6.07, 6.45) is 2.77. The fourth-order valence-electron chi connectivity index (χ4n) is 1.35. The van der Waals surface area contributed by atoms with Crippen molar-refractivity contribution in [3.63, 3.8) is 0 Å². The molecular weight excluding hydrogens is 297 g/mol. The van der Waals surface area contributed by atoms with E-state index >= 15 is 0 Å². The number of anilines is 2. The van der Waals surface area contributed by atoms with Crippen LogP contribution in [0, 0.1) is 5.95 Å². The molecular formula is C10H10FN9O2. The number of H-pyrrole nitrogens is 1. The summed E-state index contributed by atoms with van der Waals surface area (Å²) >= 11 is 0. The van der Waals surface area contributed by atoms with Gasteiger partial charge in [-0.15, -0.1) is 0 Å². The maximum atomic E-state index is 13.2. The third-order valence-electron chi connectivity index (χ3n) is 2.28. The van der Waals surface area contributed by atoms with Crippen molar-refractivity contribution in [3.05, 3.63) is 29.9 Å². The molecule has 0 saturated carbocycles. The predicted octanol–water partition coefficient (Wildman–Crippen LogP) is -1.61. The molecule has 0 atom stereocenters. The van der Waals surface area contributed by atoms with Gasteiger partial charge in [0.05, 0.1) is 0 Å². The smallest absolute Gasteiger partial charge is 0.302 e. The van der Waals surface area contributed by atoms with Crippen LogP contribution in [0.1, 0.15) is 21.1 Å². The van der Waals surface area contributed by atoms with E-state index in [2.05, 4.69) is 30.2 Å². The molecule has 0 saturated heterocycles. The molecule has 0 aliphatic heterocycles. The highest BCUT2D eigenvalue weighted by Crippen LogP contribution is 2.12. The van der Waals surface area contributed by atoms with E-state index in [0.29, 0.717) is 0 Å². The molecule has 114 valence electrons. The summed E-state index contributed by atoms with van der Waals surface area (Å²) in [5.41, 5.74) is 15.3. The number of carbonyl (C=O) groups excluding carboxylic acids is 2. The summed E-state index contributed by atoms with van der Waals surface area (Å²) in [7, 11) is 0. The van der Waals surface area contributed by atoms with Crippen LogP contribution < -0.4 is 22.5 Å². The molecule has 0 bridgehead atoms. The van der Waals surface area contributed by atoms with E-state index < -0.39 is 41.1 Å². The predicted molar refractivity (Wildman–Crippen MR) is 72.8 cm³/mol. The minimum absolute atomic E-state index is 0.0385. The molecule has 0 fully saturated rings. The first kappa shape index (κ1) is 14.8. The first-order valence-electron chi connectivity index (χ1n) is 5.66. The Morgan fingerprint density at radius 1 is 1.27 bits per heavy atom. The van der Waals surface area contributed by atoms with Crippen molar-refractivity contribution >= 4 is 29.4 Å². The van der Waals surface area contributed by atoms with Crippen molar-refractivity contribution in [3.8, 4) is 0 Å². The van der Waals surface area contributed by atoms with Gasteiger partial charge < -0.3 is 22.2 Å². The minimum atomic E-state index is -1.18. The number of carbonyl (C=O) groups is 2. The number of amides is 2. The van der Waals surface area contributed by atoms with Crippen molar-refractivity contribution in [2.45, 2.75) is 0 Å². The van der Waals surface area contributed by atoms with E-state index in [4.69, 9.17) is 17.2 Å². The molecule has 0 radical (unpaired) electrons. The Labute approximate surface area is 121 Å². The second-order valence-electron chi connectivity index (χ2n) is 3.83. The van der Waals surface area contributed by atoms with Crippen molar-refractivity contribution in [2.75, 3.05) is 11.5 Å². The second kappa shape index (κ2) is 5.82. The van der Waals surface area contributed by atoms with Crippen LogP contribution in [-0.2, 0) is 0 Å². The monoisotopic (exact) mass is 307 g/mol. The number of nitrogens with two attached hydrogens (primary N) is 3. The molecule has 0 aliphatic carbocycles. The van der Waals surface area contributed by atoms with Gasteiger partial charge in [-0.25, -0.2) is 15.0 Å². The number of imidazole rings is 1. The number of nitrogens with one attached hydrogen (secondary N) is 2. The maximum absolute atomic E-state index is 13.2. The summed E-state index contributed by atoms with van der Waals surface area (Å²) in [5.74, 6) is -4.56. The Kier molecular flexibility index (Phi) is 3.92. The standard InChI is InChI=1S/C10H10FN9O2/c11-4-6(13)18-5(12)3(17-4)8(21)19-10(14)20-9(22)7-15-1-2-16-7/h1-2H,(H,15,16)(H4,12,13,18)(H3,14,19,20,21,22). The molecule has 22 heavy (non-hydrogen) atoms. The second-order valence-corrected chi connectivity index (χ2v) is 3.83. The highest BCUT2D eigenvalue weighted by molar-refractivity contribution is 6.09. The molecule has 12 heteroatoms. The van der Waals surface area contributed by atoms with E-state index in [1.807, 2.05) is 0 Å². The molecule has 2 aromatic rings. The third-order valence-corrected chi connectivity index (χ3v) is 2.28. The Balaban J connectivity index is 2.16. The summed E-state index contributed by atoms with van der Waals surface area (Å²) in [6.45, 7) is 0. The first-order chi connectivity index (χ1) is 10.4. The van der Waals surface area contributed by atoms with Crippen LogP contribution in [0.4, 0.5) is 16.0 Å². The van der Waals surface area contributed by atoms with Gasteiger partial charge in [0.1, 0.15) is 0 Å². The van der Waals surface area contributed by atoms with Gasteiger partial charge in [-0.05, 0) is 0 Å². The lowest BCUT2D eigenvalue weighted by atomic mass is 10.4. The summed E-state index contributed by atoms with van der Waals surface area (Å²) in [6, 6.07) is 0. The first-order valence-corrected chi connectivity index (χ1v) is 5.66. The molecule has 2 heterocycles. The minimum Gasteiger partial charge on any atom is -0.382 e. The number of aliphatic imine (C=N–C) groups is 1. The molecule has 2 aromatic heterocycles. The number of aromatic amines is 1. The van der Waals surface area contributed by atoms with Gasteiger partial charge in [0.2, 0.25) is 5.96 Å². The summed E-state index contributed by atoms with van der Waals surface area (Å²) in [4.78, 5) is 39.5. The molecule has 11 nitrogen and oxygen atoms in total. The zero-order valence-corrected chi connectivity index (χ0v) is 10.9. The molecule has 0 unspecified atom stereocenters. The molecule has 0 aliphatic rings. The van der Waals surface area contributed by atoms with Gasteiger partial charge in [-0.3, -0.25) is 14.9 Å². The van der Waals surface area contributed by atoms with Crippen LogP contribution >= 0.6 is 0 Å². The lowest BCUT2D eigenvalue weighted by molar-refractivity contribution is 0.0967. The van der Waals surface area contributed by atoms with E-state index in [-0.39, 0.29) is 5.82 Å². The van der Waals surface area contributed by atoms with Crippen LogP contribution in [0.15, 0.2) is 17.4 Å². The number of nitrogen functional groups attached to an aromatic ring is 2. The number of hydrogen-bond acceptors (Lipinski definition) is 7. The van der Waals surface area contributed by atoms with Gasteiger partial charge >= 0.3 is 5.91 Å². The molecule has 8 N–H and O–H groups in total. The van der Waals surface area contributed by atoms with Crippen molar-refractivity contribution in [2.24, 2.45) is 10.7 Å². The fourth-order valence-corrected chi connectivity index (χ4v) is 1.35. The number of nitrogens with zero attached hydrogens (tertiary/aromatic N) is 4. The van der Waals surface area contributed by atoms with Gasteiger partial charge in [-0.1, -0.05) is 0 Å². The van der Waals surface area contributed by atoms with E-state index in [1.54, 1.807) is 0 Å². The highest BCUT2D eigenvalue weighted by Gasteiger charge is 2.17. The number of rotatable bonds is 2. The highest BCUT2D eigenvalue weighted by atomic mass is 19.1. The number of halogens is 1. The molecule has 2 rings (SSSR count). The largest absolute Gasteiger partial charge is 0.382 e. The van der Waals surface area contributed by atoms with Crippen LogP contribution in [-0.4, -0.2) is 37.7 Å². The van der Waals surface area contributed by atoms with Gasteiger partial charge in [-0.2, -0.15) is 9.38 Å². The topological polar surface area (TPSA) is 191 Å². The normalized spacial score (nSPS) is 11.2. The summed E-state index contributed by atoms with van der Waals surface area (Å²) < 4.78 is 13.2. The van der Waals surface area contributed by atoms with Crippen LogP contribution in [0.3, 0.4) is 0 Å². The fraction of sp³-hybridized carbons (Fsp3) is 0. The van der Waals surface area contributed by atoms with Gasteiger partial charge in [0.25, 0.3) is 11.9 Å². The number of guanidine groups is 1. The summed E-state index contributed by atoms with van der Waals surface area (Å²) in [5, 5.41) is 2.10. The van der Waals surface area contributed by atoms with Crippen molar-refractivity contribution in [1.29, 1.82) is 0 Å². The van der Waals surface area contributed by atoms with E-state index in [1.165, 1.54) is 12.4 Å².